The fourth-order valence-corrected chi connectivity index (χ4v) is 3.28. The number of amides is 3. The number of benzene rings is 1. The van der Waals surface area contributed by atoms with E-state index < -0.39 is 6.03 Å². The minimum absolute atomic E-state index is 0.240. The summed E-state index contributed by atoms with van der Waals surface area (Å²) in [4.78, 5) is 31.1. The average Bonchev–Trinajstić information content (AvgIpc) is 2.73. The van der Waals surface area contributed by atoms with Gasteiger partial charge in [0.1, 0.15) is 26.2 Å². The molecule has 4 N–H and O–H groups in total. The Balaban J connectivity index is 1.43. The molecule has 2 aromatic rings. The molecular weight excluding hydrogens is 342 g/mol. The van der Waals surface area contributed by atoms with Crippen molar-refractivity contribution in [2.24, 2.45) is 0 Å². The first-order valence-electron chi connectivity index (χ1n) is 9.32. The third kappa shape index (κ3) is 5.27. The maximum atomic E-state index is 12.4. The molecule has 0 aliphatic carbocycles. The predicted octanol–water partition coefficient (Wildman–Crippen LogP) is -0.380. The van der Waals surface area contributed by atoms with Crippen LogP contribution in [0.25, 0.3) is 0 Å². The van der Waals surface area contributed by atoms with Gasteiger partial charge in [-0.3, -0.25) is 15.0 Å². The second-order valence-corrected chi connectivity index (χ2v) is 6.77. The van der Waals surface area contributed by atoms with E-state index in [0.29, 0.717) is 6.54 Å². The van der Waals surface area contributed by atoms with Crippen molar-refractivity contribution in [3.63, 3.8) is 0 Å². The lowest BCUT2D eigenvalue weighted by Gasteiger charge is -2.31. The van der Waals surface area contributed by atoms with Crippen LogP contribution in [0.4, 0.5) is 10.6 Å². The van der Waals surface area contributed by atoms with Crippen molar-refractivity contribution in [1.82, 2.24) is 10.6 Å². The minimum atomic E-state index is -0.451. The molecule has 2 heterocycles. The van der Waals surface area contributed by atoms with Gasteiger partial charge in [-0.15, -0.1) is 0 Å². The van der Waals surface area contributed by atoms with Crippen LogP contribution >= 0.6 is 0 Å². The van der Waals surface area contributed by atoms with Crippen LogP contribution in [0.1, 0.15) is 12.5 Å². The molecule has 1 aliphatic rings. The third-order valence-corrected chi connectivity index (χ3v) is 4.98. The molecule has 1 fully saturated rings. The molecule has 1 atom stereocenters. The number of aromatic nitrogens is 1. The highest BCUT2D eigenvalue weighted by atomic mass is 16.2. The SMILES string of the molecule is C[C@@H](C(=O)NC(=O)NCc1ccccc1)[NH+]1CCN(c2cccc[nH+]2)CC1. The summed E-state index contributed by atoms with van der Waals surface area (Å²) >= 11 is 0. The van der Waals surface area contributed by atoms with Crippen molar-refractivity contribution in [1.29, 1.82) is 0 Å². The Bertz CT molecular complexity index is 745. The highest BCUT2D eigenvalue weighted by Crippen LogP contribution is 2.04. The molecule has 3 rings (SSSR count). The smallest absolute Gasteiger partial charge is 0.321 e. The van der Waals surface area contributed by atoms with E-state index in [1.807, 2.05) is 55.6 Å². The van der Waals surface area contributed by atoms with Crippen LogP contribution in [0, 0.1) is 0 Å². The van der Waals surface area contributed by atoms with Crippen molar-refractivity contribution in [3.05, 3.63) is 60.3 Å². The molecule has 0 saturated carbocycles. The Labute approximate surface area is 159 Å². The number of H-pyrrole nitrogens is 1. The molecule has 1 saturated heterocycles. The number of urea groups is 1. The monoisotopic (exact) mass is 369 g/mol. The number of pyridine rings is 1. The van der Waals surface area contributed by atoms with Crippen molar-refractivity contribution in [2.45, 2.75) is 19.5 Å². The van der Waals surface area contributed by atoms with E-state index in [4.69, 9.17) is 0 Å². The zero-order valence-corrected chi connectivity index (χ0v) is 15.6. The molecule has 0 bridgehead atoms. The predicted molar refractivity (Wildman–Crippen MR) is 102 cm³/mol. The number of hydrogen-bond donors (Lipinski definition) is 3. The van der Waals surface area contributed by atoms with E-state index in [1.165, 1.54) is 4.90 Å². The maximum Gasteiger partial charge on any atom is 0.321 e. The van der Waals surface area contributed by atoms with Crippen molar-refractivity contribution < 1.29 is 19.5 Å². The van der Waals surface area contributed by atoms with Crippen LogP contribution in [0.2, 0.25) is 0 Å². The summed E-state index contributed by atoms with van der Waals surface area (Å²) in [6.07, 6.45) is 1.92. The largest absolute Gasteiger partial charge is 0.334 e. The molecule has 1 aromatic heterocycles. The van der Waals surface area contributed by atoms with E-state index in [0.717, 1.165) is 37.6 Å². The number of rotatable bonds is 5. The molecule has 1 aliphatic heterocycles. The fraction of sp³-hybridized carbons (Fsp3) is 0.350. The maximum absolute atomic E-state index is 12.4. The second-order valence-electron chi connectivity index (χ2n) is 6.77. The number of anilines is 1. The van der Waals surface area contributed by atoms with Gasteiger partial charge in [-0.2, -0.15) is 0 Å². The van der Waals surface area contributed by atoms with Crippen molar-refractivity contribution >= 4 is 17.8 Å². The lowest BCUT2D eigenvalue weighted by atomic mass is 10.2. The van der Waals surface area contributed by atoms with Gasteiger partial charge in [0.05, 0.1) is 6.20 Å². The third-order valence-electron chi connectivity index (χ3n) is 4.98. The Morgan fingerprint density at radius 2 is 1.81 bits per heavy atom. The van der Waals surface area contributed by atoms with Crippen LogP contribution in [0.15, 0.2) is 54.7 Å². The summed E-state index contributed by atoms with van der Waals surface area (Å²) in [5, 5.41) is 5.18. The number of nitrogens with one attached hydrogen (secondary N) is 4. The number of hydrogen-bond acceptors (Lipinski definition) is 3. The van der Waals surface area contributed by atoms with Gasteiger partial charge in [0, 0.05) is 12.6 Å². The number of aromatic amines is 1. The highest BCUT2D eigenvalue weighted by Gasteiger charge is 2.32. The standard InChI is InChI=1S/C20H25N5O2/c1-16(19(26)23-20(27)22-15-17-7-3-2-4-8-17)24-11-13-25(14-12-24)18-9-5-6-10-21-18/h2-10,16H,11-15H2,1H3,(H2,22,23,26,27)/p+2/t16-/m0/s1. The van der Waals surface area contributed by atoms with Gasteiger partial charge < -0.3 is 10.2 Å². The first-order chi connectivity index (χ1) is 13.1. The Morgan fingerprint density at radius 3 is 2.48 bits per heavy atom. The highest BCUT2D eigenvalue weighted by molar-refractivity contribution is 5.96. The van der Waals surface area contributed by atoms with Gasteiger partial charge in [-0.1, -0.05) is 36.4 Å². The molecule has 3 amide bonds. The summed E-state index contributed by atoms with van der Waals surface area (Å²) in [6.45, 7) is 5.71. The summed E-state index contributed by atoms with van der Waals surface area (Å²) in [5.74, 6) is 0.851. The van der Waals surface area contributed by atoms with Gasteiger partial charge in [0.15, 0.2) is 6.04 Å². The summed E-state index contributed by atoms with van der Waals surface area (Å²) in [7, 11) is 0. The number of imide groups is 1. The molecule has 142 valence electrons. The van der Waals surface area contributed by atoms with Crippen LogP contribution in [0.3, 0.4) is 0 Å². The first-order valence-corrected chi connectivity index (χ1v) is 9.32. The van der Waals surface area contributed by atoms with Crippen LogP contribution in [0.5, 0.6) is 0 Å². The van der Waals surface area contributed by atoms with E-state index in [1.54, 1.807) is 0 Å². The van der Waals surface area contributed by atoms with Crippen LogP contribution < -0.4 is 25.4 Å². The average molecular weight is 369 g/mol. The lowest BCUT2D eigenvalue weighted by Crippen LogP contribution is -3.19. The van der Waals surface area contributed by atoms with Crippen molar-refractivity contribution in [3.8, 4) is 0 Å². The topological polar surface area (TPSA) is 80.0 Å². The number of piperazine rings is 1. The van der Waals surface area contributed by atoms with Gasteiger partial charge >= 0.3 is 6.03 Å². The normalized spacial score (nSPS) is 15.8. The van der Waals surface area contributed by atoms with Crippen LogP contribution in [-0.2, 0) is 11.3 Å². The van der Waals surface area contributed by atoms with Gasteiger partial charge in [0.2, 0.25) is 0 Å². The van der Waals surface area contributed by atoms with E-state index in [2.05, 4.69) is 26.6 Å². The van der Waals surface area contributed by atoms with Crippen molar-refractivity contribution in [2.75, 3.05) is 31.1 Å². The Hall–Kier alpha value is -2.93. The zero-order chi connectivity index (χ0) is 19.1. The molecule has 7 nitrogen and oxygen atoms in total. The Morgan fingerprint density at radius 1 is 1.11 bits per heavy atom. The van der Waals surface area contributed by atoms with Gasteiger partial charge in [-0.05, 0) is 18.6 Å². The van der Waals surface area contributed by atoms with E-state index in [9.17, 15) is 9.59 Å². The van der Waals surface area contributed by atoms with Crippen LogP contribution in [-0.4, -0.2) is 44.2 Å². The fourth-order valence-electron chi connectivity index (χ4n) is 3.28. The van der Waals surface area contributed by atoms with Gasteiger partial charge in [0.25, 0.3) is 11.7 Å². The van der Waals surface area contributed by atoms with Gasteiger partial charge in [-0.25, -0.2) is 9.78 Å². The molecule has 27 heavy (non-hydrogen) atoms. The van der Waals surface area contributed by atoms with E-state index in [-0.39, 0.29) is 11.9 Å². The molecule has 1 aromatic carbocycles. The number of carbonyl (C=O) groups is 2. The number of nitrogens with zero attached hydrogens (tertiary/aromatic N) is 1. The Kier molecular flexibility index (Phi) is 6.38. The first kappa shape index (κ1) is 18.8. The second kappa shape index (κ2) is 9.14. The summed E-state index contributed by atoms with van der Waals surface area (Å²) in [6, 6.07) is 14.9. The zero-order valence-electron chi connectivity index (χ0n) is 15.6. The number of carbonyl (C=O) groups excluding carboxylic acids is 2. The lowest BCUT2D eigenvalue weighted by molar-refractivity contribution is -0.914. The molecular formula is C20H27N5O2+2. The molecule has 0 unspecified atom stereocenters. The minimum Gasteiger partial charge on any atom is -0.334 e. The molecule has 7 heteroatoms. The summed E-state index contributed by atoms with van der Waals surface area (Å²) in [5.41, 5.74) is 0.993. The molecule has 0 spiro atoms. The quantitative estimate of drug-likeness (QED) is 0.672. The molecule has 0 radical (unpaired) electrons. The number of quaternary nitrogens is 1. The van der Waals surface area contributed by atoms with E-state index >= 15 is 0 Å². The summed E-state index contributed by atoms with van der Waals surface area (Å²) < 4.78 is 0.